The van der Waals surface area contributed by atoms with E-state index < -0.39 is 54.6 Å². The van der Waals surface area contributed by atoms with Crippen molar-refractivity contribution in [2.75, 3.05) is 0 Å². The number of ether oxygens (including phenoxy) is 5. The number of carbonyl (C=O) groups is 4. The summed E-state index contributed by atoms with van der Waals surface area (Å²) in [5.41, 5.74) is 0.745. The van der Waals surface area contributed by atoms with Crippen molar-refractivity contribution in [3.8, 4) is 0 Å². The summed E-state index contributed by atoms with van der Waals surface area (Å²) in [5.74, 6) is -2.99. The van der Waals surface area contributed by atoms with Crippen LogP contribution in [0, 0.1) is 0 Å². The van der Waals surface area contributed by atoms with Gasteiger partial charge in [0.25, 0.3) is 0 Å². The van der Waals surface area contributed by atoms with Gasteiger partial charge in [-0.15, -0.1) is 0 Å². The summed E-state index contributed by atoms with van der Waals surface area (Å²) in [7, 11) is 0. The molecule has 170 valence electrons. The van der Waals surface area contributed by atoms with E-state index in [1.807, 2.05) is 0 Å². The first kappa shape index (κ1) is 24.6. The Morgan fingerprint density at radius 3 is 1.90 bits per heavy atom. The summed E-state index contributed by atoms with van der Waals surface area (Å²) in [4.78, 5) is 46.9. The van der Waals surface area contributed by atoms with Crippen LogP contribution in [0.5, 0.6) is 0 Å². The van der Waals surface area contributed by atoms with Gasteiger partial charge in [-0.25, -0.2) is 0 Å². The van der Waals surface area contributed by atoms with Crippen LogP contribution in [0.25, 0.3) is 0 Å². The Kier molecular flexibility index (Phi) is 8.37. The molecule has 1 unspecified atom stereocenters. The van der Waals surface area contributed by atoms with Crippen LogP contribution < -0.4 is 0 Å². The fourth-order valence-electron chi connectivity index (χ4n) is 3.19. The van der Waals surface area contributed by atoms with Gasteiger partial charge in [0.05, 0.1) is 6.61 Å². The van der Waals surface area contributed by atoms with E-state index in [1.54, 1.807) is 6.07 Å². The molecule has 1 heterocycles. The average Bonchev–Trinajstić information content (AvgIpc) is 2.65. The molecule has 10 nitrogen and oxygen atoms in total. The molecule has 0 saturated carbocycles. The second kappa shape index (κ2) is 10.6. The van der Waals surface area contributed by atoms with Gasteiger partial charge in [-0.3, -0.25) is 19.2 Å². The molecule has 1 aliphatic heterocycles. The van der Waals surface area contributed by atoms with Crippen LogP contribution in [0.15, 0.2) is 18.2 Å². The molecule has 1 N–H and O–H groups in total. The van der Waals surface area contributed by atoms with E-state index in [9.17, 15) is 24.3 Å². The quantitative estimate of drug-likeness (QED) is 0.494. The predicted octanol–water partition coefficient (Wildman–Crippen LogP) is 1.59. The highest BCUT2D eigenvalue weighted by Crippen LogP contribution is 2.38. The van der Waals surface area contributed by atoms with Crippen molar-refractivity contribution in [3.63, 3.8) is 0 Å². The molecule has 5 atom stereocenters. The number of aliphatic hydroxyl groups excluding tert-OH is 1. The van der Waals surface area contributed by atoms with E-state index in [-0.39, 0.29) is 11.6 Å². The van der Waals surface area contributed by atoms with Crippen LogP contribution in [-0.2, 0) is 49.5 Å². The summed E-state index contributed by atoms with van der Waals surface area (Å²) in [6.07, 6.45) is -6.63. The minimum Gasteiger partial charge on any atom is -0.455 e. The Morgan fingerprint density at radius 2 is 1.39 bits per heavy atom. The van der Waals surface area contributed by atoms with Crippen molar-refractivity contribution in [1.29, 1.82) is 0 Å². The zero-order valence-corrected chi connectivity index (χ0v) is 18.1. The smallest absolute Gasteiger partial charge is 0.305 e. The molecule has 0 bridgehead atoms. The molecular weight excluding hydrogens is 436 g/mol. The van der Waals surface area contributed by atoms with Crippen LogP contribution in [0.1, 0.15) is 44.9 Å². The standard InChI is InChI=1S/C20H23ClO10/c1-9(23)27-17-16(13-5-6-15(21)14(7-13)8-22)31-20(30-12(4)26)19(29-11(3)25)18(17)28-10(2)24/h5-7,16-20,22H,8H2,1-4H3/t16-,17-,18+,19-,20?/m0/s1. The number of benzene rings is 1. The first-order valence-corrected chi connectivity index (χ1v) is 9.64. The third-order valence-electron chi connectivity index (χ3n) is 4.25. The van der Waals surface area contributed by atoms with Gasteiger partial charge in [-0.05, 0) is 23.3 Å². The second-order valence-electron chi connectivity index (χ2n) is 6.77. The number of aliphatic hydroxyl groups is 1. The van der Waals surface area contributed by atoms with Crippen molar-refractivity contribution in [2.45, 2.75) is 65.0 Å². The molecule has 11 heteroatoms. The number of hydrogen-bond acceptors (Lipinski definition) is 10. The molecule has 1 aromatic rings. The van der Waals surface area contributed by atoms with Gasteiger partial charge >= 0.3 is 23.9 Å². The van der Waals surface area contributed by atoms with Crippen molar-refractivity contribution in [3.05, 3.63) is 34.3 Å². The molecule has 31 heavy (non-hydrogen) atoms. The first-order valence-electron chi connectivity index (χ1n) is 9.27. The normalized spacial score (nSPS) is 25.3. The molecule has 0 spiro atoms. The van der Waals surface area contributed by atoms with Gasteiger partial charge in [0.1, 0.15) is 6.10 Å². The molecule has 0 aromatic heterocycles. The molecule has 1 aromatic carbocycles. The summed E-state index contributed by atoms with van der Waals surface area (Å²) in [5, 5.41) is 9.82. The van der Waals surface area contributed by atoms with E-state index in [0.29, 0.717) is 11.1 Å². The maximum Gasteiger partial charge on any atom is 0.305 e. The third kappa shape index (κ3) is 6.39. The predicted molar refractivity (Wildman–Crippen MR) is 103 cm³/mol. The van der Waals surface area contributed by atoms with Gasteiger partial charge in [0.15, 0.2) is 12.2 Å². The Balaban J connectivity index is 2.60. The highest BCUT2D eigenvalue weighted by atomic mass is 35.5. The summed E-state index contributed by atoms with van der Waals surface area (Å²) < 4.78 is 26.9. The molecular formula is C20H23ClO10. The maximum absolute atomic E-state index is 11.8. The van der Waals surface area contributed by atoms with E-state index in [2.05, 4.69) is 0 Å². The lowest BCUT2D eigenvalue weighted by atomic mass is 9.92. The third-order valence-corrected chi connectivity index (χ3v) is 4.62. The number of halogens is 1. The molecule has 1 saturated heterocycles. The zero-order valence-electron chi connectivity index (χ0n) is 17.3. The zero-order chi connectivity index (χ0) is 23.3. The van der Waals surface area contributed by atoms with Crippen LogP contribution >= 0.6 is 11.6 Å². The van der Waals surface area contributed by atoms with Crippen molar-refractivity contribution in [1.82, 2.24) is 0 Å². The van der Waals surface area contributed by atoms with E-state index in [1.165, 1.54) is 12.1 Å². The van der Waals surface area contributed by atoms with Crippen LogP contribution in [0.2, 0.25) is 5.02 Å². The molecule has 1 fully saturated rings. The van der Waals surface area contributed by atoms with E-state index in [4.69, 9.17) is 35.3 Å². The fraction of sp³-hybridized carbons (Fsp3) is 0.500. The number of carbonyl (C=O) groups excluding carboxylic acids is 4. The molecule has 1 aliphatic rings. The molecule has 0 aliphatic carbocycles. The van der Waals surface area contributed by atoms with Crippen LogP contribution in [-0.4, -0.2) is 53.6 Å². The first-order chi connectivity index (χ1) is 14.5. The summed E-state index contributed by atoms with van der Waals surface area (Å²) >= 11 is 6.05. The topological polar surface area (TPSA) is 135 Å². The van der Waals surface area contributed by atoms with Gasteiger partial charge in [0.2, 0.25) is 12.4 Å². The largest absolute Gasteiger partial charge is 0.455 e. The lowest BCUT2D eigenvalue weighted by Crippen LogP contribution is -2.59. The lowest BCUT2D eigenvalue weighted by Gasteiger charge is -2.44. The van der Waals surface area contributed by atoms with Gasteiger partial charge < -0.3 is 28.8 Å². The lowest BCUT2D eigenvalue weighted by molar-refractivity contribution is -0.298. The van der Waals surface area contributed by atoms with Gasteiger partial charge in [-0.2, -0.15) is 0 Å². The molecule has 0 radical (unpaired) electrons. The van der Waals surface area contributed by atoms with Gasteiger partial charge in [-0.1, -0.05) is 17.7 Å². The average molecular weight is 459 g/mol. The minimum absolute atomic E-state index is 0.289. The minimum atomic E-state index is -1.48. The van der Waals surface area contributed by atoms with Crippen molar-refractivity contribution < 1.29 is 48.0 Å². The number of rotatable bonds is 6. The Labute approximate surface area is 183 Å². The van der Waals surface area contributed by atoms with Crippen LogP contribution in [0.4, 0.5) is 0 Å². The van der Waals surface area contributed by atoms with Crippen molar-refractivity contribution >= 4 is 35.5 Å². The summed E-state index contributed by atoms with van der Waals surface area (Å²) in [6, 6.07) is 4.55. The maximum atomic E-state index is 11.8. The highest BCUT2D eigenvalue weighted by molar-refractivity contribution is 6.31. The van der Waals surface area contributed by atoms with E-state index >= 15 is 0 Å². The summed E-state index contributed by atoms with van der Waals surface area (Å²) in [6.45, 7) is 4.10. The van der Waals surface area contributed by atoms with Crippen LogP contribution in [0.3, 0.4) is 0 Å². The van der Waals surface area contributed by atoms with Gasteiger partial charge in [0, 0.05) is 32.7 Å². The Morgan fingerprint density at radius 1 is 0.871 bits per heavy atom. The second-order valence-corrected chi connectivity index (χ2v) is 7.17. The highest BCUT2D eigenvalue weighted by Gasteiger charge is 2.53. The molecule has 0 amide bonds. The fourth-order valence-corrected chi connectivity index (χ4v) is 3.37. The van der Waals surface area contributed by atoms with Crippen molar-refractivity contribution in [2.24, 2.45) is 0 Å². The monoisotopic (exact) mass is 458 g/mol. The number of hydrogen-bond donors (Lipinski definition) is 1. The number of esters is 4. The molecule has 2 rings (SSSR count). The Bertz CT molecular complexity index is 854. The Hall–Kier alpha value is -2.69. The van der Waals surface area contributed by atoms with E-state index in [0.717, 1.165) is 27.7 Å². The SMILES string of the molecule is CC(=O)OC1O[C@@H](c2ccc(Cl)c(CO)c2)[C@H](OC(C)=O)[C@@H](OC(C)=O)[C@@H]1OC(C)=O.